The first kappa shape index (κ1) is 16.4. The van der Waals surface area contributed by atoms with Gasteiger partial charge in [-0.3, -0.25) is 0 Å². The summed E-state index contributed by atoms with van der Waals surface area (Å²) < 4.78 is 2.65. The molecule has 1 spiro atoms. The van der Waals surface area contributed by atoms with E-state index in [0.717, 1.165) is 12.8 Å². The minimum atomic E-state index is -0.144. The van der Waals surface area contributed by atoms with Gasteiger partial charge in [0.15, 0.2) is 0 Å². The molecule has 0 aliphatic heterocycles. The SMILES string of the molecule is BrC1=CCCC2=C1c1ccccc1C21c2ccccc2-c2c1sc1ccccc21. The summed E-state index contributed by atoms with van der Waals surface area (Å²) in [7, 11) is 0. The molecule has 3 aliphatic carbocycles. The molecule has 0 N–H and O–H groups in total. The maximum Gasteiger partial charge on any atom is 0.0783 e. The van der Waals surface area contributed by atoms with Crippen LogP contribution in [0.3, 0.4) is 0 Å². The monoisotopic (exact) mass is 452 g/mol. The third-order valence-electron chi connectivity index (χ3n) is 6.85. The van der Waals surface area contributed by atoms with Gasteiger partial charge < -0.3 is 0 Å². The number of halogens is 1. The molecule has 29 heavy (non-hydrogen) atoms. The van der Waals surface area contributed by atoms with E-state index in [9.17, 15) is 0 Å². The van der Waals surface area contributed by atoms with Crippen LogP contribution in [0.5, 0.6) is 0 Å². The van der Waals surface area contributed by atoms with E-state index in [0.29, 0.717) is 0 Å². The van der Waals surface area contributed by atoms with Gasteiger partial charge in [-0.2, -0.15) is 0 Å². The maximum atomic E-state index is 3.92. The molecular weight excluding hydrogens is 436 g/mol. The minimum absolute atomic E-state index is 0.144. The van der Waals surface area contributed by atoms with Gasteiger partial charge in [0, 0.05) is 25.0 Å². The van der Waals surface area contributed by atoms with Gasteiger partial charge in [0.05, 0.1) is 5.41 Å². The summed E-state index contributed by atoms with van der Waals surface area (Å²) in [4.78, 5) is 1.51. The zero-order valence-corrected chi connectivity index (χ0v) is 18.1. The molecule has 1 unspecified atom stereocenters. The molecule has 0 nitrogen and oxygen atoms in total. The average molecular weight is 453 g/mol. The highest BCUT2D eigenvalue weighted by Crippen LogP contribution is 2.67. The van der Waals surface area contributed by atoms with Crippen LogP contribution in [0.1, 0.15) is 34.4 Å². The molecule has 0 saturated heterocycles. The van der Waals surface area contributed by atoms with Crippen molar-refractivity contribution < 1.29 is 0 Å². The van der Waals surface area contributed by atoms with Crippen molar-refractivity contribution in [2.24, 2.45) is 0 Å². The average Bonchev–Trinajstić information content (AvgIpc) is 3.37. The Hall–Kier alpha value is -2.42. The Balaban J connectivity index is 1.73. The fraction of sp³-hybridized carbons (Fsp3) is 0.111. The molecule has 0 radical (unpaired) electrons. The molecular formula is C27H17BrS. The van der Waals surface area contributed by atoms with E-state index < -0.39 is 0 Å². The summed E-state index contributed by atoms with van der Waals surface area (Å²) in [6, 6.07) is 27.1. The van der Waals surface area contributed by atoms with Gasteiger partial charge in [0.1, 0.15) is 0 Å². The zero-order chi connectivity index (χ0) is 19.2. The van der Waals surface area contributed by atoms with Gasteiger partial charge in [0.2, 0.25) is 0 Å². The van der Waals surface area contributed by atoms with Crippen molar-refractivity contribution in [2.75, 3.05) is 0 Å². The predicted octanol–water partition coefficient (Wildman–Crippen LogP) is 8.06. The van der Waals surface area contributed by atoms with Crippen LogP contribution in [0, 0.1) is 0 Å². The van der Waals surface area contributed by atoms with E-state index in [2.05, 4.69) is 94.8 Å². The summed E-state index contributed by atoms with van der Waals surface area (Å²) in [5.74, 6) is 0. The number of benzene rings is 3. The Morgan fingerprint density at radius 2 is 1.48 bits per heavy atom. The summed E-state index contributed by atoms with van der Waals surface area (Å²) in [6.45, 7) is 0. The lowest BCUT2D eigenvalue weighted by Gasteiger charge is -2.32. The molecule has 3 aliphatic rings. The van der Waals surface area contributed by atoms with Gasteiger partial charge in [-0.15, -0.1) is 11.3 Å². The van der Waals surface area contributed by atoms with Crippen molar-refractivity contribution in [2.45, 2.75) is 18.3 Å². The van der Waals surface area contributed by atoms with E-state index in [1.165, 1.54) is 52.8 Å². The number of allylic oxidation sites excluding steroid dienone is 4. The molecule has 1 aromatic heterocycles. The van der Waals surface area contributed by atoms with Gasteiger partial charge >= 0.3 is 0 Å². The summed E-state index contributed by atoms with van der Waals surface area (Å²) in [5, 5.41) is 1.40. The molecule has 0 saturated carbocycles. The molecule has 0 amide bonds. The minimum Gasteiger partial charge on any atom is -0.138 e. The zero-order valence-electron chi connectivity index (χ0n) is 15.7. The van der Waals surface area contributed by atoms with E-state index in [-0.39, 0.29) is 5.41 Å². The van der Waals surface area contributed by atoms with Gasteiger partial charge in [-0.05, 0) is 52.3 Å². The summed E-state index contributed by atoms with van der Waals surface area (Å²) in [5.41, 5.74) is 10.0. The van der Waals surface area contributed by atoms with Crippen molar-refractivity contribution >= 4 is 42.9 Å². The molecule has 138 valence electrons. The van der Waals surface area contributed by atoms with Crippen LogP contribution in [0.15, 0.2) is 88.9 Å². The molecule has 0 fully saturated rings. The lowest BCUT2D eigenvalue weighted by molar-refractivity contribution is 0.726. The molecule has 1 atom stereocenters. The number of hydrogen-bond donors (Lipinski definition) is 0. The normalized spacial score (nSPS) is 21.2. The molecule has 0 bridgehead atoms. The van der Waals surface area contributed by atoms with E-state index in [1.807, 2.05) is 11.3 Å². The maximum absolute atomic E-state index is 3.92. The van der Waals surface area contributed by atoms with Crippen molar-refractivity contribution in [3.8, 4) is 11.1 Å². The molecule has 1 heterocycles. The Kier molecular flexibility index (Phi) is 3.16. The fourth-order valence-electron chi connectivity index (χ4n) is 5.87. The second kappa shape index (κ2) is 5.59. The molecule has 7 rings (SSSR count). The third-order valence-corrected chi connectivity index (χ3v) is 8.86. The highest BCUT2D eigenvalue weighted by molar-refractivity contribution is 9.12. The van der Waals surface area contributed by atoms with Crippen molar-refractivity contribution in [1.82, 2.24) is 0 Å². The lowest BCUT2D eigenvalue weighted by atomic mass is 9.71. The summed E-state index contributed by atoms with van der Waals surface area (Å²) in [6.07, 6.45) is 4.56. The van der Waals surface area contributed by atoms with Crippen LogP contribution in [0.2, 0.25) is 0 Å². The second-order valence-electron chi connectivity index (χ2n) is 8.09. The Bertz CT molecular complexity index is 1420. The largest absolute Gasteiger partial charge is 0.138 e. The first-order valence-corrected chi connectivity index (χ1v) is 11.7. The number of fused-ring (bicyclic) bond motifs is 11. The standard InChI is InChI=1S/C27H17BrS/c28-22-14-7-13-21-25(22)17-9-2-5-12-20(17)27(21)19-11-4-1-8-16(19)24-18-10-3-6-15-23(18)29-26(24)27/h1-6,8-12,14-15H,7,13H2. The predicted molar refractivity (Wildman–Crippen MR) is 127 cm³/mol. The van der Waals surface area contributed by atoms with Gasteiger partial charge in [0.25, 0.3) is 0 Å². The highest BCUT2D eigenvalue weighted by atomic mass is 79.9. The topological polar surface area (TPSA) is 0 Å². The Morgan fingerprint density at radius 3 is 2.34 bits per heavy atom. The fourth-order valence-corrected chi connectivity index (χ4v) is 8.01. The number of rotatable bonds is 0. The van der Waals surface area contributed by atoms with Crippen LogP contribution in [0.25, 0.3) is 26.8 Å². The molecule has 4 aromatic rings. The van der Waals surface area contributed by atoms with Crippen LogP contribution in [-0.4, -0.2) is 0 Å². The first-order chi connectivity index (χ1) is 14.3. The van der Waals surface area contributed by atoms with Crippen molar-refractivity contribution in [1.29, 1.82) is 0 Å². The van der Waals surface area contributed by atoms with E-state index in [4.69, 9.17) is 0 Å². The number of thiophene rings is 1. The van der Waals surface area contributed by atoms with Crippen LogP contribution in [-0.2, 0) is 5.41 Å². The van der Waals surface area contributed by atoms with Crippen molar-refractivity contribution in [3.63, 3.8) is 0 Å². The van der Waals surface area contributed by atoms with Gasteiger partial charge in [-0.1, -0.05) is 88.7 Å². The van der Waals surface area contributed by atoms with Gasteiger partial charge in [-0.25, -0.2) is 0 Å². The van der Waals surface area contributed by atoms with Crippen LogP contribution >= 0.6 is 27.3 Å². The van der Waals surface area contributed by atoms with Crippen LogP contribution in [0.4, 0.5) is 0 Å². The van der Waals surface area contributed by atoms with E-state index >= 15 is 0 Å². The van der Waals surface area contributed by atoms with E-state index in [1.54, 1.807) is 5.57 Å². The van der Waals surface area contributed by atoms with Crippen LogP contribution < -0.4 is 0 Å². The molecule has 2 heteroatoms. The second-order valence-corrected chi connectivity index (χ2v) is 9.99. The quantitative estimate of drug-likeness (QED) is 0.253. The Labute approximate surface area is 182 Å². The smallest absolute Gasteiger partial charge is 0.0783 e. The molecule has 3 aromatic carbocycles. The lowest BCUT2D eigenvalue weighted by Crippen LogP contribution is -2.27. The first-order valence-electron chi connectivity index (χ1n) is 10.1. The summed E-state index contributed by atoms with van der Waals surface area (Å²) >= 11 is 5.91. The highest BCUT2D eigenvalue weighted by Gasteiger charge is 2.54. The number of hydrogen-bond acceptors (Lipinski definition) is 1. The van der Waals surface area contributed by atoms with Crippen molar-refractivity contribution in [3.05, 3.63) is 110 Å². The third kappa shape index (κ3) is 1.81. The Morgan fingerprint density at radius 1 is 0.793 bits per heavy atom.